The molecule has 1 aliphatic rings. The summed E-state index contributed by atoms with van der Waals surface area (Å²) in [5.74, 6) is 0.200. The third-order valence-corrected chi connectivity index (χ3v) is 3.99. The van der Waals surface area contributed by atoms with Crippen molar-refractivity contribution in [3.63, 3.8) is 0 Å². The van der Waals surface area contributed by atoms with Crippen LogP contribution in [0.5, 0.6) is 11.5 Å². The molecular weight excluding hydrogens is 256 g/mol. The Kier molecular flexibility index (Phi) is 4.49. The van der Waals surface area contributed by atoms with Crippen LogP contribution in [0, 0.1) is 5.92 Å². The number of phenols is 2. The molecule has 0 bridgehead atoms. The van der Waals surface area contributed by atoms with Gasteiger partial charge >= 0.3 is 0 Å². The van der Waals surface area contributed by atoms with Crippen molar-refractivity contribution >= 4 is 5.91 Å². The maximum atomic E-state index is 12.3. The molecule has 1 aromatic rings. The molecule has 0 radical (unpaired) electrons. The lowest BCUT2D eigenvalue weighted by atomic mass is 10.0. The van der Waals surface area contributed by atoms with E-state index >= 15 is 0 Å². The maximum Gasteiger partial charge on any atom is 0.239 e. The van der Waals surface area contributed by atoms with Gasteiger partial charge in [-0.15, -0.1) is 0 Å². The SMILES string of the molecule is CCC1CCN(C(=O)[C@@H](N)Cc2ccc(O)c(O)c2)C1. The molecule has 4 N–H and O–H groups in total. The van der Waals surface area contributed by atoms with E-state index in [2.05, 4.69) is 6.92 Å². The minimum absolute atomic E-state index is 0.0338. The van der Waals surface area contributed by atoms with Gasteiger partial charge in [-0.2, -0.15) is 0 Å². The monoisotopic (exact) mass is 278 g/mol. The molecule has 5 heteroatoms. The Labute approximate surface area is 119 Å². The zero-order valence-corrected chi connectivity index (χ0v) is 11.7. The number of nitrogens with zero attached hydrogens (tertiary/aromatic N) is 1. The molecule has 1 heterocycles. The first-order chi connectivity index (χ1) is 9.51. The van der Waals surface area contributed by atoms with E-state index in [-0.39, 0.29) is 17.4 Å². The van der Waals surface area contributed by atoms with Crippen molar-refractivity contribution in [3.05, 3.63) is 23.8 Å². The first kappa shape index (κ1) is 14.7. The summed E-state index contributed by atoms with van der Waals surface area (Å²) in [5.41, 5.74) is 6.71. The van der Waals surface area contributed by atoms with Gasteiger partial charge in [-0.25, -0.2) is 0 Å². The van der Waals surface area contributed by atoms with E-state index in [1.165, 1.54) is 12.1 Å². The van der Waals surface area contributed by atoms with Gasteiger partial charge in [0.1, 0.15) is 0 Å². The van der Waals surface area contributed by atoms with Crippen molar-refractivity contribution in [2.45, 2.75) is 32.2 Å². The van der Waals surface area contributed by atoms with Crippen molar-refractivity contribution in [2.24, 2.45) is 11.7 Å². The summed E-state index contributed by atoms with van der Waals surface area (Å²) in [6, 6.07) is 3.92. The number of amides is 1. The lowest BCUT2D eigenvalue weighted by Crippen LogP contribution is -2.43. The molecule has 0 aromatic heterocycles. The predicted molar refractivity (Wildman–Crippen MR) is 76.4 cm³/mol. The highest BCUT2D eigenvalue weighted by Gasteiger charge is 2.28. The van der Waals surface area contributed by atoms with Gasteiger partial charge < -0.3 is 20.8 Å². The summed E-state index contributed by atoms with van der Waals surface area (Å²) in [5, 5.41) is 18.7. The number of carbonyl (C=O) groups is 1. The number of phenolic OH excluding ortho intramolecular Hbond substituents is 2. The largest absolute Gasteiger partial charge is 0.504 e. The highest BCUT2D eigenvalue weighted by molar-refractivity contribution is 5.82. The van der Waals surface area contributed by atoms with E-state index in [0.717, 1.165) is 31.5 Å². The Morgan fingerprint density at radius 1 is 1.45 bits per heavy atom. The van der Waals surface area contributed by atoms with Gasteiger partial charge in [-0.1, -0.05) is 19.4 Å². The van der Waals surface area contributed by atoms with E-state index < -0.39 is 6.04 Å². The summed E-state index contributed by atoms with van der Waals surface area (Å²) in [4.78, 5) is 14.1. The van der Waals surface area contributed by atoms with E-state index in [9.17, 15) is 15.0 Å². The molecule has 1 unspecified atom stereocenters. The first-order valence-corrected chi connectivity index (χ1v) is 7.06. The molecule has 20 heavy (non-hydrogen) atoms. The van der Waals surface area contributed by atoms with Crippen molar-refractivity contribution in [1.82, 2.24) is 4.90 Å². The Hall–Kier alpha value is -1.75. The smallest absolute Gasteiger partial charge is 0.239 e. The molecule has 0 saturated carbocycles. The van der Waals surface area contributed by atoms with Gasteiger partial charge in [0, 0.05) is 13.1 Å². The van der Waals surface area contributed by atoms with Gasteiger partial charge in [-0.3, -0.25) is 4.79 Å². The summed E-state index contributed by atoms with van der Waals surface area (Å²) < 4.78 is 0. The van der Waals surface area contributed by atoms with Crippen LogP contribution in [0.25, 0.3) is 0 Å². The summed E-state index contributed by atoms with van der Waals surface area (Å²) in [7, 11) is 0. The van der Waals surface area contributed by atoms with Crippen molar-refractivity contribution in [2.75, 3.05) is 13.1 Å². The average molecular weight is 278 g/mol. The summed E-state index contributed by atoms with van der Waals surface area (Å²) >= 11 is 0. The normalized spacial score (nSPS) is 20.1. The van der Waals surface area contributed by atoms with E-state index in [1.54, 1.807) is 6.07 Å². The molecule has 2 rings (SSSR count). The van der Waals surface area contributed by atoms with Gasteiger partial charge in [0.25, 0.3) is 0 Å². The third kappa shape index (κ3) is 3.22. The molecule has 5 nitrogen and oxygen atoms in total. The zero-order valence-electron chi connectivity index (χ0n) is 11.7. The second kappa shape index (κ2) is 6.13. The van der Waals surface area contributed by atoms with Crippen LogP contribution in [0.2, 0.25) is 0 Å². The minimum atomic E-state index is -0.602. The van der Waals surface area contributed by atoms with E-state index in [1.807, 2.05) is 4.90 Å². The van der Waals surface area contributed by atoms with Gasteiger partial charge in [-0.05, 0) is 36.5 Å². The van der Waals surface area contributed by atoms with Crippen molar-refractivity contribution in [1.29, 1.82) is 0 Å². The fraction of sp³-hybridized carbons (Fsp3) is 0.533. The predicted octanol–water partition coefficient (Wildman–Crippen LogP) is 1.23. The van der Waals surface area contributed by atoms with Crippen molar-refractivity contribution < 1.29 is 15.0 Å². The van der Waals surface area contributed by atoms with Crippen LogP contribution in [-0.2, 0) is 11.2 Å². The minimum Gasteiger partial charge on any atom is -0.504 e. The Balaban J connectivity index is 1.95. The molecule has 1 aromatic carbocycles. The topological polar surface area (TPSA) is 86.8 Å². The second-order valence-corrected chi connectivity index (χ2v) is 5.48. The van der Waals surface area contributed by atoms with Gasteiger partial charge in [0.05, 0.1) is 6.04 Å². The first-order valence-electron chi connectivity index (χ1n) is 7.06. The molecule has 2 atom stereocenters. The lowest BCUT2D eigenvalue weighted by molar-refractivity contribution is -0.131. The lowest BCUT2D eigenvalue weighted by Gasteiger charge is -2.21. The quantitative estimate of drug-likeness (QED) is 0.723. The second-order valence-electron chi connectivity index (χ2n) is 5.48. The van der Waals surface area contributed by atoms with Crippen LogP contribution in [-0.4, -0.2) is 40.2 Å². The maximum absolute atomic E-state index is 12.3. The number of aromatic hydroxyl groups is 2. The van der Waals surface area contributed by atoms with Crippen LogP contribution in [0.1, 0.15) is 25.3 Å². The molecule has 1 amide bonds. The van der Waals surface area contributed by atoms with Gasteiger partial charge in [0.15, 0.2) is 11.5 Å². The molecule has 0 spiro atoms. The zero-order chi connectivity index (χ0) is 14.7. The third-order valence-electron chi connectivity index (χ3n) is 3.99. The standard InChI is InChI=1S/C15H22N2O3/c1-2-10-5-6-17(9-10)15(20)12(16)7-11-3-4-13(18)14(19)8-11/h3-4,8,10,12,18-19H,2,5-7,9,16H2,1H3/t10?,12-/m0/s1. The summed E-state index contributed by atoms with van der Waals surface area (Å²) in [6.45, 7) is 3.72. The van der Waals surface area contributed by atoms with E-state index in [0.29, 0.717) is 12.3 Å². The van der Waals surface area contributed by atoms with Crippen LogP contribution in [0.3, 0.4) is 0 Å². The molecule has 1 saturated heterocycles. The Bertz CT molecular complexity index is 490. The highest BCUT2D eigenvalue weighted by atomic mass is 16.3. The molecule has 1 aliphatic heterocycles. The van der Waals surface area contributed by atoms with Crippen LogP contribution >= 0.6 is 0 Å². The number of hydrogen-bond acceptors (Lipinski definition) is 4. The number of benzene rings is 1. The number of hydrogen-bond donors (Lipinski definition) is 3. The fourth-order valence-electron chi connectivity index (χ4n) is 2.64. The van der Waals surface area contributed by atoms with Crippen LogP contribution < -0.4 is 5.73 Å². The Morgan fingerprint density at radius 2 is 2.20 bits per heavy atom. The van der Waals surface area contributed by atoms with Gasteiger partial charge in [0.2, 0.25) is 5.91 Å². The number of likely N-dealkylation sites (tertiary alicyclic amines) is 1. The highest BCUT2D eigenvalue weighted by Crippen LogP contribution is 2.26. The average Bonchev–Trinajstić information content (AvgIpc) is 2.91. The molecular formula is C15H22N2O3. The van der Waals surface area contributed by atoms with E-state index in [4.69, 9.17) is 5.73 Å². The molecule has 110 valence electrons. The van der Waals surface area contributed by atoms with Crippen LogP contribution in [0.4, 0.5) is 0 Å². The number of rotatable bonds is 4. The number of carbonyl (C=O) groups excluding carboxylic acids is 1. The fourth-order valence-corrected chi connectivity index (χ4v) is 2.64. The molecule has 1 fully saturated rings. The van der Waals surface area contributed by atoms with Crippen molar-refractivity contribution in [3.8, 4) is 11.5 Å². The van der Waals surface area contributed by atoms with Crippen LogP contribution in [0.15, 0.2) is 18.2 Å². The summed E-state index contributed by atoms with van der Waals surface area (Å²) in [6.07, 6.45) is 2.50. The number of nitrogens with two attached hydrogens (primary N) is 1. The Morgan fingerprint density at radius 3 is 2.80 bits per heavy atom. The molecule has 0 aliphatic carbocycles.